The fourth-order valence-corrected chi connectivity index (χ4v) is 4.52. The van der Waals surface area contributed by atoms with Gasteiger partial charge in [-0.1, -0.05) is 51.1 Å². The van der Waals surface area contributed by atoms with Crippen LogP contribution >= 0.6 is 0 Å². The lowest BCUT2D eigenvalue weighted by Gasteiger charge is -2.35. The van der Waals surface area contributed by atoms with E-state index in [1.807, 2.05) is 24.4 Å². The number of nitrogens with one attached hydrogen (secondary N) is 1. The van der Waals surface area contributed by atoms with E-state index in [4.69, 9.17) is 21.4 Å². The van der Waals surface area contributed by atoms with Gasteiger partial charge in [0, 0.05) is 44.5 Å². The van der Waals surface area contributed by atoms with Gasteiger partial charge in [0.25, 0.3) is 0 Å². The Kier molecular flexibility index (Phi) is 5.65. The summed E-state index contributed by atoms with van der Waals surface area (Å²) in [5.74, 6) is 1.83. The molecule has 1 saturated heterocycles. The van der Waals surface area contributed by atoms with Crippen molar-refractivity contribution < 1.29 is 0 Å². The molecule has 1 aliphatic heterocycles. The second-order valence-corrected chi connectivity index (χ2v) is 10.2. The van der Waals surface area contributed by atoms with Crippen LogP contribution in [0.4, 0.5) is 17.2 Å². The Bertz CT molecular complexity index is 1290. The number of imidazole rings is 1. The number of anilines is 3. The minimum atomic E-state index is 0.131. The number of rotatable bonds is 4. The number of H-pyrrole nitrogens is 1. The maximum absolute atomic E-state index is 5.98. The zero-order valence-electron chi connectivity index (χ0n) is 20.2. The maximum Gasteiger partial charge on any atom is 0.156 e. The Morgan fingerprint density at radius 1 is 0.912 bits per heavy atom. The number of aromatic amines is 1. The SMILES string of the molecule is CC(C)(C)c1ccc(-c2nc3c(N4CCN(Cc5ccc(N)c(N)c5)CC4)nccc3[nH]2)cc1. The third-order valence-electron chi connectivity index (χ3n) is 6.64. The Morgan fingerprint density at radius 2 is 1.65 bits per heavy atom. The molecule has 1 aliphatic rings. The molecule has 2 aromatic heterocycles. The molecule has 4 aromatic rings. The molecule has 0 atom stereocenters. The second kappa shape index (κ2) is 8.65. The van der Waals surface area contributed by atoms with Gasteiger partial charge in [0.05, 0.1) is 16.9 Å². The summed E-state index contributed by atoms with van der Waals surface area (Å²) in [7, 11) is 0. The van der Waals surface area contributed by atoms with Gasteiger partial charge in [0.1, 0.15) is 11.3 Å². The Labute approximate surface area is 200 Å². The molecule has 0 unspecified atom stereocenters. The summed E-state index contributed by atoms with van der Waals surface area (Å²) >= 11 is 0. The third kappa shape index (κ3) is 4.43. The number of nitrogen functional groups attached to an aromatic ring is 2. The average molecular weight is 456 g/mol. The van der Waals surface area contributed by atoms with Gasteiger partial charge in [-0.2, -0.15) is 0 Å². The van der Waals surface area contributed by atoms with Gasteiger partial charge >= 0.3 is 0 Å². The number of hydrogen-bond donors (Lipinski definition) is 3. The molecule has 5 rings (SSSR count). The van der Waals surface area contributed by atoms with Crippen LogP contribution in [0.2, 0.25) is 0 Å². The Hall–Kier alpha value is -3.58. The van der Waals surface area contributed by atoms with E-state index in [-0.39, 0.29) is 5.41 Å². The lowest BCUT2D eigenvalue weighted by molar-refractivity contribution is 0.249. The normalized spacial score (nSPS) is 15.2. The van der Waals surface area contributed by atoms with Crippen LogP contribution in [0, 0.1) is 0 Å². The summed E-state index contributed by atoms with van der Waals surface area (Å²) < 4.78 is 0. The lowest BCUT2D eigenvalue weighted by atomic mass is 9.87. The number of hydrogen-bond acceptors (Lipinski definition) is 6. The molecule has 5 N–H and O–H groups in total. The highest BCUT2D eigenvalue weighted by Gasteiger charge is 2.22. The van der Waals surface area contributed by atoms with Crippen molar-refractivity contribution in [3.05, 3.63) is 65.9 Å². The van der Waals surface area contributed by atoms with Gasteiger partial charge < -0.3 is 21.4 Å². The van der Waals surface area contributed by atoms with Crippen molar-refractivity contribution >= 4 is 28.2 Å². The molecule has 176 valence electrons. The molecule has 3 heterocycles. The van der Waals surface area contributed by atoms with Crippen LogP contribution in [0.3, 0.4) is 0 Å². The molecule has 2 aromatic carbocycles. The summed E-state index contributed by atoms with van der Waals surface area (Å²) in [5.41, 5.74) is 18.8. The first-order valence-electron chi connectivity index (χ1n) is 11.8. The van der Waals surface area contributed by atoms with E-state index >= 15 is 0 Å². The van der Waals surface area contributed by atoms with E-state index in [1.165, 1.54) is 11.1 Å². The van der Waals surface area contributed by atoms with Crippen molar-refractivity contribution in [3.63, 3.8) is 0 Å². The van der Waals surface area contributed by atoms with Crippen LogP contribution in [0.25, 0.3) is 22.4 Å². The Balaban J connectivity index is 1.32. The fraction of sp³-hybridized carbons (Fsp3) is 0.333. The predicted molar refractivity (Wildman–Crippen MR) is 141 cm³/mol. The van der Waals surface area contributed by atoms with E-state index in [0.717, 1.165) is 61.0 Å². The maximum atomic E-state index is 5.98. The highest BCUT2D eigenvalue weighted by atomic mass is 15.3. The minimum Gasteiger partial charge on any atom is -0.397 e. The third-order valence-corrected chi connectivity index (χ3v) is 6.64. The molecule has 0 spiro atoms. The van der Waals surface area contributed by atoms with E-state index in [0.29, 0.717) is 11.4 Å². The smallest absolute Gasteiger partial charge is 0.156 e. The quantitative estimate of drug-likeness (QED) is 0.394. The highest BCUT2D eigenvalue weighted by molar-refractivity contribution is 5.88. The van der Waals surface area contributed by atoms with Gasteiger partial charge in [-0.15, -0.1) is 0 Å². The standard InChI is InChI=1S/C27H33N7/c1-27(2,3)20-7-5-19(6-8-20)25-31-23-10-11-30-26(24(23)32-25)34-14-12-33(13-15-34)17-18-4-9-21(28)22(29)16-18/h4-11,16H,12-15,17,28-29H2,1-3H3,(H,31,32). The minimum absolute atomic E-state index is 0.131. The van der Waals surface area contributed by atoms with Crippen molar-refractivity contribution in [2.75, 3.05) is 42.5 Å². The number of nitrogens with two attached hydrogens (primary N) is 2. The molecular formula is C27H33N7. The van der Waals surface area contributed by atoms with Crippen molar-refractivity contribution in [2.24, 2.45) is 0 Å². The van der Waals surface area contributed by atoms with Gasteiger partial charge in [0.2, 0.25) is 0 Å². The fourth-order valence-electron chi connectivity index (χ4n) is 4.52. The highest BCUT2D eigenvalue weighted by Crippen LogP contribution is 2.29. The molecule has 0 radical (unpaired) electrons. The summed E-state index contributed by atoms with van der Waals surface area (Å²) in [5, 5.41) is 0. The molecule has 0 amide bonds. The zero-order chi connectivity index (χ0) is 23.9. The van der Waals surface area contributed by atoms with Gasteiger partial charge in [-0.05, 0) is 34.7 Å². The predicted octanol–water partition coefficient (Wildman–Crippen LogP) is 4.41. The Morgan fingerprint density at radius 3 is 2.32 bits per heavy atom. The molecule has 34 heavy (non-hydrogen) atoms. The number of nitrogens with zero attached hydrogens (tertiary/aromatic N) is 4. The zero-order valence-corrected chi connectivity index (χ0v) is 20.2. The molecule has 7 heteroatoms. The monoisotopic (exact) mass is 455 g/mol. The van der Waals surface area contributed by atoms with Crippen molar-refractivity contribution in [1.82, 2.24) is 19.9 Å². The van der Waals surface area contributed by atoms with E-state index in [9.17, 15) is 0 Å². The number of benzene rings is 2. The van der Waals surface area contributed by atoms with Crippen LogP contribution in [0.1, 0.15) is 31.9 Å². The summed E-state index contributed by atoms with van der Waals surface area (Å²) in [4.78, 5) is 17.9. The molecule has 7 nitrogen and oxygen atoms in total. The molecule has 0 bridgehead atoms. The van der Waals surface area contributed by atoms with Crippen molar-refractivity contribution in [1.29, 1.82) is 0 Å². The first-order chi connectivity index (χ1) is 16.3. The van der Waals surface area contributed by atoms with E-state index in [2.05, 4.69) is 65.9 Å². The summed E-state index contributed by atoms with van der Waals surface area (Å²) in [6.07, 6.45) is 1.87. The van der Waals surface area contributed by atoms with Gasteiger partial charge in [-0.3, -0.25) is 4.90 Å². The van der Waals surface area contributed by atoms with Crippen molar-refractivity contribution in [2.45, 2.75) is 32.7 Å². The van der Waals surface area contributed by atoms with E-state index < -0.39 is 0 Å². The van der Waals surface area contributed by atoms with Crippen LogP contribution < -0.4 is 16.4 Å². The van der Waals surface area contributed by atoms with Crippen LogP contribution in [0.5, 0.6) is 0 Å². The topological polar surface area (TPSA) is 100 Å². The summed E-state index contributed by atoms with van der Waals surface area (Å²) in [6.45, 7) is 11.3. The number of aromatic nitrogens is 3. The van der Waals surface area contributed by atoms with Crippen LogP contribution in [-0.2, 0) is 12.0 Å². The molecule has 0 saturated carbocycles. The first kappa shape index (κ1) is 22.2. The number of fused-ring (bicyclic) bond motifs is 1. The largest absolute Gasteiger partial charge is 0.397 e. The molecule has 1 fully saturated rings. The second-order valence-electron chi connectivity index (χ2n) is 10.2. The number of pyridine rings is 1. The first-order valence-corrected chi connectivity index (χ1v) is 11.8. The average Bonchev–Trinajstić information content (AvgIpc) is 3.26. The summed E-state index contributed by atoms with van der Waals surface area (Å²) in [6, 6.07) is 16.6. The number of piperazine rings is 1. The lowest BCUT2D eigenvalue weighted by Crippen LogP contribution is -2.46. The van der Waals surface area contributed by atoms with E-state index in [1.54, 1.807) is 0 Å². The van der Waals surface area contributed by atoms with Gasteiger partial charge in [-0.25, -0.2) is 9.97 Å². The van der Waals surface area contributed by atoms with Crippen LogP contribution in [-0.4, -0.2) is 46.0 Å². The molecule has 0 aliphatic carbocycles. The van der Waals surface area contributed by atoms with Gasteiger partial charge in [0.15, 0.2) is 5.82 Å². The van der Waals surface area contributed by atoms with Crippen molar-refractivity contribution in [3.8, 4) is 11.4 Å². The molecular weight excluding hydrogens is 422 g/mol. The van der Waals surface area contributed by atoms with Crippen LogP contribution in [0.15, 0.2) is 54.7 Å².